The van der Waals surface area contributed by atoms with E-state index in [4.69, 9.17) is 0 Å². The van der Waals surface area contributed by atoms with E-state index in [1.165, 1.54) is 0 Å². The van der Waals surface area contributed by atoms with Crippen LogP contribution in [0.1, 0.15) is 16.7 Å². The maximum Gasteiger partial charge on any atom is 0.0856 e. The van der Waals surface area contributed by atoms with Crippen LogP contribution in [0.3, 0.4) is 0 Å². The van der Waals surface area contributed by atoms with Crippen LogP contribution in [-0.4, -0.2) is 10.4 Å². The van der Waals surface area contributed by atoms with Gasteiger partial charge in [0.1, 0.15) is 0 Å². The number of benzene rings is 3. The Morgan fingerprint density at radius 2 is 1.54 bits per heavy atom. The number of hydrogen-bond acceptors (Lipinski definition) is 2. The van der Waals surface area contributed by atoms with Crippen molar-refractivity contribution in [2.24, 2.45) is 4.99 Å². The van der Waals surface area contributed by atoms with Gasteiger partial charge in [0.05, 0.1) is 22.2 Å². The third-order valence-corrected chi connectivity index (χ3v) is 5.17. The Hall–Kier alpha value is -2.52. The van der Waals surface area contributed by atoms with Crippen LogP contribution < -0.4 is 0 Å². The Kier molecular flexibility index (Phi) is 5.34. The van der Waals surface area contributed by atoms with E-state index in [9.17, 15) is 4.21 Å². The molecule has 0 saturated carbocycles. The Morgan fingerprint density at radius 3 is 2.29 bits per heavy atom. The van der Waals surface area contributed by atoms with Crippen molar-refractivity contribution in [2.45, 2.75) is 23.3 Å². The molecule has 0 bridgehead atoms. The summed E-state index contributed by atoms with van der Waals surface area (Å²) in [6, 6.07) is 25.6. The molecule has 0 aliphatic rings. The topological polar surface area (TPSA) is 29.4 Å². The molecule has 0 aliphatic heterocycles. The number of rotatable bonds is 5. The molecule has 0 amide bonds. The van der Waals surface area contributed by atoms with Gasteiger partial charge >= 0.3 is 0 Å². The first kappa shape index (κ1) is 16.3. The van der Waals surface area contributed by atoms with E-state index < -0.39 is 10.8 Å². The number of aryl methyl sites for hydroxylation is 1. The van der Waals surface area contributed by atoms with Crippen molar-refractivity contribution in [2.75, 3.05) is 0 Å². The third kappa shape index (κ3) is 4.06. The van der Waals surface area contributed by atoms with Crippen molar-refractivity contribution in [3.05, 3.63) is 95.6 Å². The third-order valence-electron chi connectivity index (χ3n) is 3.70. The Labute approximate surface area is 145 Å². The molecule has 3 rings (SSSR count). The van der Waals surface area contributed by atoms with Gasteiger partial charge in [-0.1, -0.05) is 66.2 Å². The molecule has 24 heavy (non-hydrogen) atoms. The van der Waals surface area contributed by atoms with E-state index in [0.717, 1.165) is 26.5 Å². The molecule has 0 unspecified atom stereocenters. The lowest BCUT2D eigenvalue weighted by atomic mass is 10.2. The molecule has 2 nitrogen and oxygen atoms in total. The second-order valence-electron chi connectivity index (χ2n) is 5.57. The second-order valence-corrected chi connectivity index (χ2v) is 7.02. The van der Waals surface area contributed by atoms with Crippen LogP contribution >= 0.6 is 0 Å². The molecule has 3 aromatic rings. The molecule has 1 atom stereocenters. The molecule has 0 aliphatic carbocycles. The van der Waals surface area contributed by atoms with E-state index in [-0.39, 0.29) is 0 Å². The maximum atomic E-state index is 12.9. The SMILES string of the molecule is Cc1ccc([S@](=O)c2ccccc2C=NCc2ccccc2)cc1. The van der Waals surface area contributed by atoms with Crippen molar-refractivity contribution in [1.82, 2.24) is 0 Å². The minimum Gasteiger partial charge on any atom is -0.288 e. The molecule has 0 aromatic heterocycles. The largest absolute Gasteiger partial charge is 0.288 e. The fourth-order valence-electron chi connectivity index (χ4n) is 2.38. The summed E-state index contributed by atoms with van der Waals surface area (Å²) in [5.74, 6) is 0. The van der Waals surface area contributed by atoms with Crippen LogP contribution in [0, 0.1) is 6.92 Å². The van der Waals surface area contributed by atoms with Gasteiger partial charge in [0.2, 0.25) is 0 Å². The molecule has 0 heterocycles. The zero-order valence-electron chi connectivity index (χ0n) is 13.6. The Bertz CT molecular complexity index is 855. The van der Waals surface area contributed by atoms with Gasteiger partial charge in [0.15, 0.2) is 0 Å². The lowest BCUT2D eigenvalue weighted by Gasteiger charge is -2.06. The first-order valence-corrected chi connectivity index (χ1v) is 9.00. The zero-order chi connectivity index (χ0) is 16.8. The minimum absolute atomic E-state index is 0.617. The average molecular weight is 333 g/mol. The number of hydrogen-bond donors (Lipinski definition) is 0. The first-order valence-electron chi connectivity index (χ1n) is 7.85. The zero-order valence-corrected chi connectivity index (χ0v) is 14.4. The summed E-state index contributed by atoms with van der Waals surface area (Å²) < 4.78 is 12.9. The van der Waals surface area contributed by atoms with E-state index in [0.29, 0.717) is 6.54 Å². The quantitative estimate of drug-likeness (QED) is 0.618. The van der Waals surface area contributed by atoms with Gasteiger partial charge in [-0.2, -0.15) is 0 Å². The lowest BCUT2D eigenvalue weighted by molar-refractivity contribution is 0.683. The summed E-state index contributed by atoms with van der Waals surface area (Å²) in [4.78, 5) is 6.10. The summed E-state index contributed by atoms with van der Waals surface area (Å²) in [6.45, 7) is 2.64. The first-order chi connectivity index (χ1) is 11.7. The van der Waals surface area contributed by atoms with Gasteiger partial charge in [0.25, 0.3) is 0 Å². The number of aliphatic imine (C=N–C) groups is 1. The monoisotopic (exact) mass is 333 g/mol. The van der Waals surface area contributed by atoms with Gasteiger partial charge in [-0.25, -0.2) is 4.21 Å². The van der Waals surface area contributed by atoms with Crippen LogP contribution in [0.2, 0.25) is 0 Å². The highest BCUT2D eigenvalue weighted by molar-refractivity contribution is 7.85. The van der Waals surface area contributed by atoms with Crippen molar-refractivity contribution >= 4 is 17.0 Å². The van der Waals surface area contributed by atoms with Crippen LogP contribution in [0.4, 0.5) is 0 Å². The predicted molar refractivity (Wildman–Crippen MR) is 100 cm³/mol. The standard InChI is InChI=1S/C21H19NOS/c1-17-11-13-20(14-12-17)24(23)21-10-6-5-9-19(21)16-22-15-18-7-3-2-4-8-18/h2-14,16H,15H2,1H3/t24-/m0/s1. The van der Waals surface area contributed by atoms with Gasteiger partial charge in [0, 0.05) is 16.7 Å². The molecule has 0 radical (unpaired) electrons. The smallest absolute Gasteiger partial charge is 0.0856 e. The summed E-state index contributed by atoms with van der Waals surface area (Å²) in [7, 11) is -1.21. The van der Waals surface area contributed by atoms with Crippen molar-refractivity contribution in [3.8, 4) is 0 Å². The van der Waals surface area contributed by atoms with E-state index >= 15 is 0 Å². The average Bonchev–Trinajstić information content (AvgIpc) is 2.63. The Balaban J connectivity index is 1.82. The summed E-state index contributed by atoms with van der Waals surface area (Å²) >= 11 is 0. The van der Waals surface area contributed by atoms with E-state index in [2.05, 4.69) is 4.99 Å². The molecule has 3 aromatic carbocycles. The molecule has 0 spiro atoms. The highest BCUT2D eigenvalue weighted by Gasteiger charge is 2.10. The van der Waals surface area contributed by atoms with Crippen molar-refractivity contribution < 1.29 is 4.21 Å². The van der Waals surface area contributed by atoms with Crippen LogP contribution in [0.5, 0.6) is 0 Å². The molecule has 0 saturated heterocycles. The van der Waals surface area contributed by atoms with E-state index in [1.54, 1.807) is 0 Å². The molecular weight excluding hydrogens is 314 g/mol. The maximum absolute atomic E-state index is 12.9. The van der Waals surface area contributed by atoms with Crippen LogP contribution in [0.15, 0.2) is 93.6 Å². The minimum atomic E-state index is -1.21. The summed E-state index contributed by atoms with van der Waals surface area (Å²) in [5.41, 5.74) is 3.21. The molecule has 3 heteroatoms. The molecule has 120 valence electrons. The van der Waals surface area contributed by atoms with Crippen molar-refractivity contribution in [1.29, 1.82) is 0 Å². The molecule has 0 fully saturated rings. The fourth-order valence-corrected chi connectivity index (χ4v) is 3.55. The summed E-state index contributed by atoms with van der Waals surface area (Å²) in [6.07, 6.45) is 1.81. The molecule has 0 N–H and O–H groups in total. The van der Waals surface area contributed by atoms with Gasteiger partial charge < -0.3 is 0 Å². The van der Waals surface area contributed by atoms with Gasteiger partial charge in [-0.3, -0.25) is 4.99 Å². The Morgan fingerprint density at radius 1 is 0.875 bits per heavy atom. The number of nitrogens with zero attached hydrogens (tertiary/aromatic N) is 1. The fraction of sp³-hybridized carbons (Fsp3) is 0.0952. The summed E-state index contributed by atoms with van der Waals surface area (Å²) in [5, 5.41) is 0. The van der Waals surface area contributed by atoms with Gasteiger partial charge in [-0.15, -0.1) is 0 Å². The predicted octanol–water partition coefficient (Wildman–Crippen LogP) is 4.78. The van der Waals surface area contributed by atoms with Crippen LogP contribution in [0.25, 0.3) is 0 Å². The normalized spacial score (nSPS) is 12.4. The van der Waals surface area contributed by atoms with Crippen LogP contribution in [-0.2, 0) is 17.3 Å². The highest BCUT2D eigenvalue weighted by Crippen LogP contribution is 2.19. The van der Waals surface area contributed by atoms with Crippen molar-refractivity contribution in [3.63, 3.8) is 0 Å². The second kappa shape index (κ2) is 7.84. The molecular formula is C21H19NOS. The van der Waals surface area contributed by atoms with E-state index in [1.807, 2.05) is 92.0 Å². The van der Waals surface area contributed by atoms with Gasteiger partial charge in [-0.05, 0) is 30.7 Å². The lowest BCUT2D eigenvalue weighted by Crippen LogP contribution is -1.98. The highest BCUT2D eigenvalue weighted by atomic mass is 32.2.